The number of nitrogens with zero attached hydrogens (tertiary/aromatic N) is 1. The van der Waals surface area contributed by atoms with E-state index in [4.69, 9.17) is 10.00 Å². The number of nitriles is 1. The fraction of sp³-hybridized carbons (Fsp3) is 0.462. The van der Waals surface area contributed by atoms with Crippen LogP contribution >= 0.6 is 0 Å². The summed E-state index contributed by atoms with van der Waals surface area (Å²) in [6.07, 6.45) is 2.22. The minimum absolute atomic E-state index is 0.174. The molecule has 3 nitrogen and oxygen atoms in total. The second-order valence-electron chi connectivity index (χ2n) is 4.32. The maximum atomic E-state index is 13.6. The molecule has 1 fully saturated rings. The van der Waals surface area contributed by atoms with Crippen LogP contribution in [0.25, 0.3) is 0 Å². The molecule has 0 amide bonds. The summed E-state index contributed by atoms with van der Waals surface area (Å²) in [7, 11) is 0. The van der Waals surface area contributed by atoms with Gasteiger partial charge in [0, 0.05) is 6.04 Å². The summed E-state index contributed by atoms with van der Waals surface area (Å²) >= 11 is 0. The Kier molecular flexibility index (Phi) is 3.60. The third-order valence-electron chi connectivity index (χ3n) is 2.73. The molecule has 1 aliphatic carbocycles. The van der Waals surface area contributed by atoms with Crippen LogP contribution in [0.5, 0.6) is 5.75 Å². The molecule has 2 rings (SSSR count). The highest BCUT2D eigenvalue weighted by Gasteiger charge is 2.24. The van der Waals surface area contributed by atoms with Gasteiger partial charge in [-0.15, -0.1) is 0 Å². The molecule has 0 heterocycles. The van der Waals surface area contributed by atoms with Crippen LogP contribution in [0, 0.1) is 24.1 Å². The Labute approximate surface area is 100 Å². The van der Waals surface area contributed by atoms with Crippen molar-refractivity contribution in [2.45, 2.75) is 31.8 Å². The number of rotatable bonds is 5. The van der Waals surface area contributed by atoms with Crippen molar-refractivity contribution >= 4 is 0 Å². The van der Waals surface area contributed by atoms with Crippen molar-refractivity contribution in [3.05, 3.63) is 29.6 Å². The lowest BCUT2D eigenvalue weighted by molar-refractivity contribution is 0.275. The second-order valence-corrected chi connectivity index (χ2v) is 4.32. The Morgan fingerprint density at radius 1 is 1.59 bits per heavy atom. The molecule has 1 aromatic carbocycles. The molecule has 0 spiro atoms. The topological polar surface area (TPSA) is 45.0 Å². The van der Waals surface area contributed by atoms with Gasteiger partial charge in [0.2, 0.25) is 0 Å². The molecule has 1 atom stereocenters. The fourth-order valence-corrected chi connectivity index (χ4v) is 1.56. The summed E-state index contributed by atoms with van der Waals surface area (Å²) in [4.78, 5) is 0. The maximum absolute atomic E-state index is 13.6. The second kappa shape index (κ2) is 5.15. The number of ether oxygens (including phenoxy) is 1. The van der Waals surface area contributed by atoms with Crippen LogP contribution in [0.15, 0.2) is 18.2 Å². The predicted octanol–water partition coefficient (Wildman–Crippen LogP) is 2.16. The van der Waals surface area contributed by atoms with Crippen molar-refractivity contribution in [2.75, 3.05) is 6.61 Å². The van der Waals surface area contributed by atoms with Gasteiger partial charge in [-0.2, -0.15) is 5.26 Å². The van der Waals surface area contributed by atoms with Crippen molar-refractivity contribution in [3.8, 4) is 11.8 Å². The van der Waals surface area contributed by atoms with Crippen LogP contribution in [0.3, 0.4) is 0 Å². The Bertz CT molecular complexity index is 438. The molecule has 4 heteroatoms. The molecule has 1 aromatic rings. The summed E-state index contributed by atoms with van der Waals surface area (Å²) < 4.78 is 18.9. The van der Waals surface area contributed by atoms with Crippen molar-refractivity contribution in [3.63, 3.8) is 0 Å². The van der Waals surface area contributed by atoms with Gasteiger partial charge in [-0.1, -0.05) is 12.1 Å². The van der Waals surface area contributed by atoms with Gasteiger partial charge in [-0.3, -0.25) is 5.32 Å². The molecule has 1 unspecified atom stereocenters. The van der Waals surface area contributed by atoms with Crippen molar-refractivity contribution in [2.24, 2.45) is 0 Å². The van der Waals surface area contributed by atoms with Crippen LogP contribution in [0.1, 0.15) is 18.4 Å². The Morgan fingerprint density at radius 2 is 2.35 bits per heavy atom. The molecular weight excluding hydrogens is 219 g/mol. The van der Waals surface area contributed by atoms with Gasteiger partial charge in [0.15, 0.2) is 11.6 Å². The summed E-state index contributed by atoms with van der Waals surface area (Å²) in [6.45, 7) is 1.86. The summed E-state index contributed by atoms with van der Waals surface area (Å²) in [5, 5.41) is 12.1. The maximum Gasteiger partial charge on any atom is 0.167 e. The van der Waals surface area contributed by atoms with Gasteiger partial charge < -0.3 is 4.74 Å². The molecule has 0 saturated heterocycles. The van der Waals surface area contributed by atoms with E-state index in [1.54, 1.807) is 25.1 Å². The molecule has 1 aliphatic rings. The molecule has 17 heavy (non-hydrogen) atoms. The van der Waals surface area contributed by atoms with Gasteiger partial charge >= 0.3 is 0 Å². The monoisotopic (exact) mass is 234 g/mol. The van der Waals surface area contributed by atoms with E-state index in [2.05, 4.69) is 11.4 Å². The number of halogens is 1. The normalized spacial score (nSPS) is 16.3. The lowest BCUT2D eigenvalue weighted by Gasteiger charge is -2.13. The summed E-state index contributed by atoms with van der Waals surface area (Å²) in [5.74, 6) is -0.140. The third-order valence-corrected chi connectivity index (χ3v) is 2.73. The molecular formula is C13H15FN2O. The molecule has 0 bridgehead atoms. The highest BCUT2D eigenvalue weighted by atomic mass is 19.1. The first kappa shape index (κ1) is 11.9. The summed E-state index contributed by atoms with van der Waals surface area (Å²) in [6, 6.07) is 7.19. The van der Waals surface area contributed by atoms with E-state index in [1.807, 2.05) is 0 Å². The zero-order valence-corrected chi connectivity index (χ0v) is 9.74. The molecule has 0 aromatic heterocycles. The Balaban J connectivity index is 1.91. The lowest BCUT2D eigenvalue weighted by atomic mass is 10.2. The highest BCUT2D eigenvalue weighted by Crippen LogP contribution is 2.21. The predicted molar refractivity (Wildman–Crippen MR) is 62.2 cm³/mol. The van der Waals surface area contributed by atoms with Gasteiger partial charge in [0.1, 0.15) is 12.6 Å². The van der Waals surface area contributed by atoms with Gasteiger partial charge in [-0.05, 0) is 31.4 Å². The summed E-state index contributed by atoms with van der Waals surface area (Å²) in [5.41, 5.74) is 0.547. The van der Waals surface area contributed by atoms with Gasteiger partial charge in [0.25, 0.3) is 0 Å². The van der Waals surface area contributed by atoms with E-state index in [-0.39, 0.29) is 24.2 Å². The SMILES string of the molecule is Cc1cccc(OCC(C#N)NC2CC2)c1F. The quantitative estimate of drug-likeness (QED) is 0.849. The molecule has 1 saturated carbocycles. The van der Waals surface area contributed by atoms with E-state index < -0.39 is 0 Å². The van der Waals surface area contributed by atoms with E-state index in [9.17, 15) is 4.39 Å². The van der Waals surface area contributed by atoms with Gasteiger partial charge in [0.05, 0.1) is 6.07 Å². The fourth-order valence-electron chi connectivity index (χ4n) is 1.56. The Morgan fingerprint density at radius 3 is 3.00 bits per heavy atom. The number of hydrogen-bond acceptors (Lipinski definition) is 3. The van der Waals surface area contributed by atoms with Crippen molar-refractivity contribution < 1.29 is 9.13 Å². The van der Waals surface area contributed by atoms with Crippen LogP contribution in [-0.4, -0.2) is 18.7 Å². The third kappa shape index (κ3) is 3.18. The zero-order valence-electron chi connectivity index (χ0n) is 9.74. The highest BCUT2D eigenvalue weighted by molar-refractivity contribution is 5.30. The van der Waals surface area contributed by atoms with E-state index in [1.165, 1.54) is 0 Å². The molecule has 0 aliphatic heterocycles. The number of nitrogens with one attached hydrogen (secondary N) is 1. The largest absolute Gasteiger partial charge is 0.488 e. The van der Waals surface area contributed by atoms with Crippen molar-refractivity contribution in [1.29, 1.82) is 5.26 Å². The number of hydrogen-bond donors (Lipinski definition) is 1. The van der Waals surface area contributed by atoms with E-state index in [0.29, 0.717) is 11.6 Å². The Hall–Kier alpha value is -1.60. The van der Waals surface area contributed by atoms with Crippen LogP contribution in [0.2, 0.25) is 0 Å². The van der Waals surface area contributed by atoms with Crippen molar-refractivity contribution in [1.82, 2.24) is 5.32 Å². The first-order valence-electron chi connectivity index (χ1n) is 5.74. The molecule has 1 N–H and O–H groups in total. The van der Waals surface area contributed by atoms with Crippen LogP contribution < -0.4 is 10.1 Å². The standard InChI is InChI=1S/C13H15FN2O/c1-9-3-2-4-12(13(9)14)17-8-11(7-15)16-10-5-6-10/h2-4,10-11,16H,5-6,8H2,1H3. The minimum Gasteiger partial charge on any atom is -0.488 e. The first-order chi connectivity index (χ1) is 8.20. The lowest BCUT2D eigenvalue weighted by Crippen LogP contribution is -2.34. The first-order valence-corrected chi connectivity index (χ1v) is 5.74. The van der Waals surface area contributed by atoms with Gasteiger partial charge in [-0.25, -0.2) is 4.39 Å². The number of aryl methyl sites for hydroxylation is 1. The average Bonchev–Trinajstić information content (AvgIpc) is 3.13. The van der Waals surface area contributed by atoms with E-state index in [0.717, 1.165) is 12.8 Å². The smallest absolute Gasteiger partial charge is 0.167 e. The van der Waals surface area contributed by atoms with Crippen LogP contribution in [-0.2, 0) is 0 Å². The number of benzene rings is 1. The van der Waals surface area contributed by atoms with Crippen LogP contribution in [0.4, 0.5) is 4.39 Å². The molecule has 0 radical (unpaired) electrons. The average molecular weight is 234 g/mol. The van der Waals surface area contributed by atoms with E-state index >= 15 is 0 Å². The molecule has 90 valence electrons. The minimum atomic E-state index is -0.373. The zero-order chi connectivity index (χ0) is 12.3.